The number of hydrogen-bond acceptors (Lipinski definition) is 6. The first-order chi connectivity index (χ1) is 14.4. The van der Waals surface area contributed by atoms with Gasteiger partial charge in [0.2, 0.25) is 0 Å². The normalized spacial score (nSPS) is 10.8. The topological polar surface area (TPSA) is 97.2 Å². The number of nitriles is 1. The highest BCUT2D eigenvalue weighted by molar-refractivity contribution is 5.71. The van der Waals surface area contributed by atoms with Crippen LogP contribution in [0, 0.1) is 39.0 Å². The van der Waals surface area contributed by atoms with Gasteiger partial charge in [-0.3, -0.25) is 4.68 Å². The molecule has 0 spiro atoms. The van der Waals surface area contributed by atoms with Crippen molar-refractivity contribution in [2.45, 2.75) is 27.7 Å². The summed E-state index contributed by atoms with van der Waals surface area (Å²) >= 11 is 0. The van der Waals surface area contributed by atoms with Gasteiger partial charge in [0, 0.05) is 29.9 Å². The number of hydrogen-bond donors (Lipinski definition) is 1. The largest absolute Gasteiger partial charge is 0.323 e. The van der Waals surface area contributed by atoms with E-state index in [1.807, 2.05) is 67.5 Å². The lowest BCUT2D eigenvalue weighted by molar-refractivity contribution is 0.778. The number of nitrogens with zero attached hydrogens (tertiary/aromatic N) is 7. The van der Waals surface area contributed by atoms with Crippen molar-refractivity contribution in [3.8, 4) is 23.1 Å². The van der Waals surface area contributed by atoms with E-state index >= 15 is 0 Å². The molecule has 150 valence electrons. The van der Waals surface area contributed by atoms with Gasteiger partial charge in [-0.1, -0.05) is 12.1 Å². The Morgan fingerprint density at radius 3 is 2.33 bits per heavy atom. The highest BCUT2D eigenvalue weighted by Crippen LogP contribution is 2.30. The molecule has 4 rings (SSSR count). The number of anilines is 2. The number of benzene rings is 1. The van der Waals surface area contributed by atoms with Gasteiger partial charge in [0.15, 0.2) is 11.6 Å². The van der Waals surface area contributed by atoms with Gasteiger partial charge in [-0.05, 0) is 45.4 Å². The van der Waals surface area contributed by atoms with Crippen molar-refractivity contribution in [1.29, 1.82) is 5.26 Å². The summed E-state index contributed by atoms with van der Waals surface area (Å²) in [6.07, 6.45) is 1.52. The fourth-order valence-electron chi connectivity index (χ4n) is 3.45. The summed E-state index contributed by atoms with van der Waals surface area (Å²) in [7, 11) is 1.90. The van der Waals surface area contributed by atoms with E-state index in [4.69, 9.17) is 5.26 Å². The molecule has 0 atom stereocenters. The Hall–Kier alpha value is -3.99. The molecule has 0 aliphatic rings. The fraction of sp³-hybridized carbons (Fsp3) is 0.227. The molecule has 0 saturated carbocycles. The van der Waals surface area contributed by atoms with Gasteiger partial charge in [0.05, 0.1) is 23.0 Å². The van der Waals surface area contributed by atoms with Crippen LogP contribution in [-0.2, 0) is 7.05 Å². The van der Waals surface area contributed by atoms with Crippen LogP contribution in [0.3, 0.4) is 0 Å². The lowest BCUT2D eigenvalue weighted by atomic mass is 10.1. The second-order valence-corrected chi connectivity index (χ2v) is 7.23. The summed E-state index contributed by atoms with van der Waals surface area (Å²) in [5, 5.41) is 21.5. The molecular formula is C22H22N8. The molecule has 0 aliphatic heterocycles. The van der Waals surface area contributed by atoms with Crippen molar-refractivity contribution in [3.63, 3.8) is 0 Å². The van der Waals surface area contributed by atoms with E-state index in [1.165, 1.54) is 6.33 Å². The summed E-state index contributed by atoms with van der Waals surface area (Å²) in [6, 6.07) is 11.5. The van der Waals surface area contributed by atoms with Gasteiger partial charge in [0.1, 0.15) is 12.1 Å². The molecule has 1 aromatic carbocycles. The minimum atomic E-state index is 0.629. The molecule has 0 saturated heterocycles. The van der Waals surface area contributed by atoms with Crippen LogP contribution < -0.4 is 5.32 Å². The third-order valence-corrected chi connectivity index (χ3v) is 5.34. The summed E-state index contributed by atoms with van der Waals surface area (Å²) in [5.41, 5.74) is 6.77. The maximum absolute atomic E-state index is 9.02. The van der Waals surface area contributed by atoms with Crippen molar-refractivity contribution >= 4 is 11.6 Å². The zero-order chi connectivity index (χ0) is 21.4. The van der Waals surface area contributed by atoms with Crippen LogP contribution in [0.4, 0.5) is 11.6 Å². The molecule has 3 aromatic heterocycles. The van der Waals surface area contributed by atoms with Crippen molar-refractivity contribution < 1.29 is 0 Å². The quantitative estimate of drug-likeness (QED) is 0.560. The van der Waals surface area contributed by atoms with Crippen molar-refractivity contribution in [2.24, 2.45) is 7.05 Å². The minimum absolute atomic E-state index is 0.629. The predicted molar refractivity (Wildman–Crippen MR) is 115 cm³/mol. The average Bonchev–Trinajstić information content (AvgIpc) is 3.17. The van der Waals surface area contributed by atoms with Crippen LogP contribution >= 0.6 is 0 Å². The molecule has 0 bridgehead atoms. The van der Waals surface area contributed by atoms with Crippen molar-refractivity contribution in [2.75, 3.05) is 5.32 Å². The standard InChI is InChI=1S/C22H22N8/c1-13-15(3)27-30(16(13)4)20-10-19(24-12-25-20)26-22-14(2)21(29(5)28-22)18-8-6-17(11-23)7-9-18/h6-10,12H,1-5H3,(H,24,25,26,28). The molecule has 0 fully saturated rings. The first-order valence-corrected chi connectivity index (χ1v) is 9.55. The number of aromatic nitrogens is 6. The summed E-state index contributed by atoms with van der Waals surface area (Å²) in [6.45, 7) is 8.07. The average molecular weight is 398 g/mol. The second-order valence-electron chi connectivity index (χ2n) is 7.23. The maximum Gasteiger partial charge on any atom is 0.159 e. The van der Waals surface area contributed by atoms with Crippen molar-refractivity contribution in [1.82, 2.24) is 29.5 Å². The molecule has 0 aliphatic carbocycles. The molecule has 0 amide bonds. The third-order valence-electron chi connectivity index (χ3n) is 5.34. The van der Waals surface area contributed by atoms with Gasteiger partial charge in [-0.15, -0.1) is 0 Å². The van der Waals surface area contributed by atoms with Crippen LogP contribution in [0.2, 0.25) is 0 Å². The Labute approximate surface area is 174 Å². The van der Waals surface area contributed by atoms with Gasteiger partial charge in [-0.2, -0.15) is 15.5 Å². The predicted octanol–water partition coefficient (Wildman–Crippen LogP) is 3.91. The van der Waals surface area contributed by atoms with E-state index in [1.54, 1.807) is 0 Å². The molecule has 30 heavy (non-hydrogen) atoms. The molecular weight excluding hydrogens is 376 g/mol. The summed E-state index contributed by atoms with van der Waals surface area (Å²) in [4.78, 5) is 8.72. The van der Waals surface area contributed by atoms with Crippen LogP contribution in [0.1, 0.15) is 28.1 Å². The zero-order valence-electron chi connectivity index (χ0n) is 17.6. The Morgan fingerprint density at radius 1 is 0.967 bits per heavy atom. The Morgan fingerprint density at radius 2 is 1.70 bits per heavy atom. The van der Waals surface area contributed by atoms with Gasteiger partial charge in [-0.25, -0.2) is 14.6 Å². The second kappa shape index (κ2) is 7.44. The summed E-state index contributed by atoms with van der Waals surface area (Å²) < 4.78 is 3.65. The smallest absolute Gasteiger partial charge is 0.159 e. The van der Waals surface area contributed by atoms with E-state index in [2.05, 4.69) is 38.5 Å². The molecule has 4 aromatic rings. The lowest BCUT2D eigenvalue weighted by Gasteiger charge is -2.07. The summed E-state index contributed by atoms with van der Waals surface area (Å²) in [5.74, 6) is 2.05. The molecule has 8 nitrogen and oxygen atoms in total. The highest BCUT2D eigenvalue weighted by Gasteiger charge is 2.16. The molecule has 0 radical (unpaired) electrons. The van der Waals surface area contributed by atoms with Crippen molar-refractivity contribution in [3.05, 3.63) is 64.7 Å². The first kappa shape index (κ1) is 19.3. The Balaban J connectivity index is 1.67. The third kappa shape index (κ3) is 3.31. The molecule has 8 heteroatoms. The number of nitrogens with one attached hydrogen (secondary N) is 1. The minimum Gasteiger partial charge on any atom is -0.323 e. The van der Waals surface area contributed by atoms with Crippen LogP contribution in [-0.4, -0.2) is 29.5 Å². The zero-order valence-corrected chi connectivity index (χ0v) is 17.6. The molecule has 3 heterocycles. The van der Waals surface area contributed by atoms with Crippen LogP contribution in [0.25, 0.3) is 17.1 Å². The van der Waals surface area contributed by atoms with Crippen LogP contribution in [0.5, 0.6) is 0 Å². The molecule has 0 unspecified atom stereocenters. The fourth-order valence-corrected chi connectivity index (χ4v) is 3.45. The number of rotatable bonds is 4. The lowest BCUT2D eigenvalue weighted by Crippen LogP contribution is -2.05. The monoisotopic (exact) mass is 398 g/mol. The van der Waals surface area contributed by atoms with E-state index < -0.39 is 0 Å². The van der Waals surface area contributed by atoms with E-state index in [0.717, 1.165) is 33.8 Å². The van der Waals surface area contributed by atoms with Gasteiger partial charge in [0.25, 0.3) is 0 Å². The van der Waals surface area contributed by atoms with E-state index in [0.29, 0.717) is 23.0 Å². The van der Waals surface area contributed by atoms with Gasteiger partial charge < -0.3 is 5.32 Å². The molecule has 1 N–H and O–H groups in total. The number of aryl methyl sites for hydroxylation is 2. The van der Waals surface area contributed by atoms with E-state index in [9.17, 15) is 0 Å². The van der Waals surface area contributed by atoms with Crippen LogP contribution in [0.15, 0.2) is 36.7 Å². The first-order valence-electron chi connectivity index (χ1n) is 9.55. The Kier molecular flexibility index (Phi) is 4.80. The highest BCUT2D eigenvalue weighted by atomic mass is 15.3. The maximum atomic E-state index is 9.02. The Bertz CT molecular complexity index is 1270. The SMILES string of the molecule is Cc1nn(-c2cc(Nc3nn(C)c(-c4ccc(C#N)cc4)c3C)ncn2)c(C)c1C. The van der Waals surface area contributed by atoms with Gasteiger partial charge >= 0.3 is 0 Å². The van der Waals surface area contributed by atoms with E-state index in [-0.39, 0.29) is 0 Å².